The van der Waals surface area contributed by atoms with Gasteiger partial charge in [-0.05, 0) is 32.4 Å². The number of hydrogen-bond donors (Lipinski definition) is 2. The number of likely N-dealkylation sites (N-methyl/N-ethyl adjacent to an activating group) is 1. The van der Waals surface area contributed by atoms with Gasteiger partial charge < -0.3 is 10.6 Å². The molecule has 8 nitrogen and oxygen atoms in total. The van der Waals surface area contributed by atoms with Crippen LogP contribution in [0.2, 0.25) is 5.02 Å². The minimum Gasteiger partial charge on any atom is -0.359 e. The molecule has 26 heavy (non-hydrogen) atoms. The molecule has 0 bridgehead atoms. The molecule has 0 spiro atoms. The number of hydrogen-bond acceptors (Lipinski definition) is 5. The van der Waals surface area contributed by atoms with E-state index in [0.717, 1.165) is 18.4 Å². The minimum absolute atomic E-state index is 0.0332. The van der Waals surface area contributed by atoms with E-state index in [0.29, 0.717) is 18.6 Å². The van der Waals surface area contributed by atoms with Crippen LogP contribution < -0.4 is 10.6 Å². The van der Waals surface area contributed by atoms with Gasteiger partial charge in [0, 0.05) is 44.5 Å². The lowest BCUT2D eigenvalue weighted by Gasteiger charge is -2.25. The first-order chi connectivity index (χ1) is 12.4. The molecule has 0 unspecified atom stereocenters. The van der Waals surface area contributed by atoms with Gasteiger partial charge in [0.05, 0.1) is 0 Å². The first-order valence-corrected chi connectivity index (χ1v) is 8.99. The molecular weight excluding hydrogens is 356 g/mol. The Kier molecular flexibility index (Phi) is 5.43. The van der Waals surface area contributed by atoms with E-state index >= 15 is 0 Å². The Hall–Kier alpha value is -2.19. The van der Waals surface area contributed by atoms with Gasteiger partial charge in [0.1, 0.15) is 5.02 Å². The van der Waals surface area contributed by atoms with Gasteiger partial charge in [-0.15, -0.1) is 0 Å². The summed E-state index contributed by atoms with van der Waals surface area (Å²) in [6, 6.07) is 0.382. The van der Waals surface area contributed by atoms with Gasteiger partial charge in [-0.3, -0.25) is 14.5 Å². The highest BCUT2D eigenvalue weighted by Gasteiger charge is 2.32. The number of amides is 2. The highest BCUT2D eigenvalue weighted by molar-refractivity contribution is 6.36. The average Bonchev–Trinajstić information content (AvgIpc) is 3.13. The van der Waals surface area contributed by atoms with Crippen LogP contribution >= 0.6 is 11.6 Å². The van der Waals surface area contributed by atoms with Crippen LogP contribution in [0.1, 0.15) is 35.3 Å². The molecule has 2 N–H and O–H groups in total. The largest absolute Gasteiger partial charge is 0.359 e. The van der Waals surface area contributed by atoms with E-state index in [4.69, 9.17) is 11.6 Å². The number of aromatic nitrogens is 3. The summed E-state index contributed by atoms with van der Waals surface area (Å²) in [5, 5.41) is 10.1. The number of nitrogens with one attached hydrogen (secondary N) is 2. The lowest BCUT2D eigenvalue weighted by atomic mass is 10.1. The van der Waals surface area contributed by atoms with Crippen molar-refractivity contribution in [2.24, 2.45) is 0 Å². The molecule has 3 rings (SSSR count). The minimum atomic E-state index is -0.318. The van der Waals surface area contributed by atoms with Crippen molar-refractivity contribution in [2.75, 3.05) is 20.6 Å². The summed E-state index contributed by atoms with van der Waals surface area (Å²) in [5.74, 6) is -0.285. The zero-order valence-corrected chi connectivity index (χ0v) is 15.9. The van der Waals surface area contributed by atoms with Gasteiger partial charge in [-0.1, -0.05) is 11.6 Å². The van der Waals surface area contributed by atoms with Gasteiger partial charge in [-0.25, -0.2) is 9.50 Å². The van der Waals surface area contributed by atoms with Crippen LogP contribution in [-0.4, -0.2) is 64.0 Å². The van der Waals surface area contributed by atoms with E-state index < -0.39 is 0 Å². The number of halogens is 1. The van der Waals surface area contributed by atoms with Gasteiger partial charge in [0.25, 0.3) is 5.91 Å². The second-order valence-corrected chi connectivity index (χ2v) is 7.08. The van der Waals surface area contributed by atoms with E-state index in [1.807, 2.05) is 14.0 Å². The van der Waals surface area contributed by atoms with Crippen LogP contribution in [0, 0.1) is 6.92 Å². The molecular formula is C17H23ClN6O2. The molecule has 0 radical (unpaired) electrons. The smallest absolute Gasteiger partial charge is 0.273 e. The second-order valence-electron chi connectivity index (χ2n) is 6.70. The number of carbonyl (C=O) groups excluding carboxylic acids is 2. The van der Waals surface area contributed by atoms with Crippen LogP contribution in [0.4, 0.5) is 0 Å². The molecule has 0 aliphatic carbocycles. The molecule has 1 aliphatic rings. The fourth-order valence-electron chi connectivity index (χ4n) is 3.34. The highest BCUT2D eigenvalue weighted by Crippen LogP contribution is 2.24. The summed E-state index contributed by atoms with van der Waals surface area (Å²) in [6.07, 6.45) is 5.80. The number of carbonyl (C=O) groups is 2. The van der Waals surface area contributed by atoms with Gasteiger partial charge >= 0.3 is 0 Å². The van der Waals surface area contributed by atoms with E-state index in [9.17, 15) is 9.59 Å². The van der Waals surface area contributed by atoms with Crippen molar-refractivity contribution in [3.05, 3.63) is 28.7 Å². The zero-order chi connectivity index (χ0) is 18.8. The van der Waals surface area contributed by atoms with E-state index in [2.05, 4.69) is 25.6 Å². The van der Waals surface area contributed by atoms with Crippen molar-refractivity contribution in [2.45, 2.75) is 38.3 Å². The topological polar surface area (TPSA) is 91.6 Å². The van der Waals surface area contributed by atoms with Gasteiger partial charge in [0.2, 0.25) is 5.91 Å². The molecule has 140 valence electrons. The van der Waals surface area contributed by atoms with E-state index in [-0.39, 0.29) is 34.6 Å². The average molecular weight is 379 g/mol. The standard InChI is InChI=1S/C17H23ClN6O2/c1-10-7-20-16-14(18)15(22-24(16)9-10)17(26)21-8-12-5-4-11(23(12)3)6-13(25)19-2/h7,9,11-12H,4-6,8H2,1-3H3,(H,19,25)(H,21,26)/t11-,12+/m1/s1. The third-order valence-electron chi connectivity index (χ3n) is 4.94. The number of rotatable bonds is 5. The molecule has 1 saturated heterocycles. The number of likely N-dealkylation sites (tertiary alicyclic amines) is 1. The highest BCUT2D eigenvalue weighted by atomic mass is 35.5. The molecule has 2 amide bonds. The fraction of sp³-hybridized carbons (Fsp3) is 0.529. The molecule has 0 saturated carbocycles. The molecule has 1 fully saturated rings. The molecule has 0 aromatic carbocycles. The number of nitrogens with zero attached hydrogens (tertiary/aromatic N) is 4. The maximum absolute atomic E-state index is 12.5. The summed E-state index contributed by atoms with van der Waals surface area (Å²) < 4.78 is 1.52. The van der Waals surface area contributed by atoms with Crippen molar-refractivity contribution in [1.82, 2.24) is 30.1 Å². The third-order valence-corrected chi connectivity index (χ3v) is 5.29. The van der Waals surface area contributed by atoms with E-state index in [1.54, 1.807) is 19.4 Å². The second kappa shape index (κ2) is 7.59. The Bertz CT molecular complexity index is 836. The Balaban J connectivity index is 1.63. The van der Waals surface area contributed by atoms with Gasteiger partial charge in [-0.2, -0.15) is 5.10 Å². The van der Waals surface area contributed by atoms with Crippen molar-refractivity contribution in [1.29, 1.82) is 0 Å². The molecule has 2 aromatic heterocycles. The normalized spacial score (nSPS) is 20.5. The molecule has 3 heterocycles. The summed E-state index contributed by atoms with van der Waals surface area (Å²) in [4.78, 5) is 30.5. The SMILES string of the molecule is CNC(=O)C[C@H]1CC[C@@H](CNC(=O)c2nn3cc(C)cnc3c2Cl)N1C. The molecule has 2 atom stereocenters. The maximum atomic E-state index is 12.5. The van der Waals surface area contributed by atoms with Crippen molar-refractivity contribution >= 4 is 29.1 Å². The number of fused-ring (bicyclic) bond motifs is 1. The monoisotopic (exact) mass is 378 g/mol. The summed E-state index contributed by atoms with van der Waals surface area (Å²) in [5.41, 5.74) is 1.57. The first kappa shape index (κ1) is 18.6. The van der Waals surface area contributed by atoms with Crippen LogP contribution in [-0.2, 0) is 4.79 Å². The van der Waals surface area contributed by atoms with Crippen LogP contribution in [0.25, 0.3) is 5.65 Å². The quantitative estimate of drug-likeness (QED) is 0.810. The fourth-order valence-corrected chi connectivity index (χ4v) is 3.60. The van der Waals surface area contributed by atoms with Crippen LogP contribution in [0.3, 0.4) is 0 Å². The van der Waals surface area contributed by atoms with Crippen molar-refractivity contribution < 1.29 is 9.59 Å². The lowest BCUT2D eigenvalue weighted by Crippen LogP contribution is -2.42. The Morgan fingerprint density at radius 2 is 2.08 bits per heavy atom. The Morgan fingerprint density at radius 3 is 2.81 bits per heavy atom. The van der Waals surface area contributed by atoms with Crippen LogP contribution in [0.15, 0.2) is 12.4 Å². The predicted molar refractivity (Wildman–Crippen MR) is 98.3 cm³/mol. The first-order valence-electron chi connectivity index (χ1n) is 8.62. The lowest BCUT2D eigenvalue weighted by molar-refractivity contribution is -0.121. The van der Waals surface area contributed by atoms with Gasteiger partial charge in [0.15, 0.2) is 11.3 Å². The Labute approximate surface area is 156 Å². The Morgan fingerprint density at radius 1 is 1.35 bits per heavy atom. The molecule has 2 aromatic rings. The molecule has 9 heteroatoms. The van der Waals surface area contributed by atoms with Crippen LogP contribution in [0.5, 0.6) is 0 Å². The predicted octanol–water partition coefficient (Wildman–Crippen LogP) is 1.02. The van der Waals surface area contributed by atoms with Crippen molar-refractivity contribution in [3.63, 3.8) is 0 Å². The third kappa shape index (κ3) is 3.66. The van der Waals surface area contributed by atoms with E-state index in [1.165, 1.54) is 4.52 Å². The summed E-state index contributed by atoms with van der Waals surface area (Å²) in [6.45, 7) is 2.38. The number of aryl methyl sites for hydroxylation is 1. The maximum Gasteiger partial charge on any atom is 0.273 e. The summed E-state index contributed by atoms with van der Waals surface area (Å²) in [7, 11) is 3.63. The summed E-state index contributed by atoms with van der Waals surface area (Å²) >= 11 is 6.26. The van der Waals surface area contributed by atoms with Crippen molar-refractivity contribution in [3.8, 4) is 0 Å². The zero-order valence-electron chi connectivity index (χ0n) is 15.1. The molecule has 1 aliphatic heterocycles.